The Morgan fingerprint density at radius 2 is 2.35 bits per heavy atom. The zero-order chi connectivity index (χ0) is 11.8. The molecule has 2 atom stereocenters. The van der Waals surface area contributed by atoms with Crippen LogP contribution in [-0.4, -0.2) is 41.5 Å². The lowest BCUT2D eigenvalue weighted by Crippen LogP contribution is -2.54. The highest BCUT2D eigenvalue weighted by atomic mass is 79.9. The summed E-state index contributed by atoms with van der Waals surface area (Å²) in [5.74, 6) is 0. The number of halogens is 1. The van der Waals surface area contributed by atoms with E-state index in [1.165, 1.54) is 41.8 Å². The van der Waals surface area contributed by atoms with Gasteiger partial charge in [0.15, 0.2) is 0 Å². The third-order valence-corrected chi connectivity index (χ3v) is 5.73. The number of thiophene rings is 1. The predicted octanol–water partition coefficient (Wildman–Crippen LogP) is 3.18. The molecule has 0 N–H and O–H groups in total. The molecule has 94 valence electrons. The maximum absolute atomic E-state index is 3.54. The Kier molecular flexibility index (Phi) is 3.57. The van der Waals surface area contributed by atoms with Gasteiger partial charge in [-0.25, -0.2) is 0 Å². The van der Waals surface area contributed by atoms with Gasteiger partial charge in [0.2, 0.25) is 0 Å². The third kappa shape index (κ3) is 2.60. The van der Waals surface area contributed by atoms with Crippen LogP contribution in [0.4, 0.5) is 0 Å². The normalized spacial score (nSPS) is 30.7. The third-order valence-electron chi connectivity index (χ3n) is 4.05. The Hall–Kier alpha value is 0.1000. The second-order valence-corrected chi connectivity index (χ2v) is 7.21. The molecule has 0 amide bonds. The van der Waals surface area contributed by atoms with E-state index in [0.29, 0.717) is 6.04 Å². The molecule has 1 aromatic heterocycles. The molecule has 1 aromatic rings. The summed E-state index contributed by atoms with van der Waals surface area (Å²) in [5, 5.41) is 2.19. The molecule has 0 saturated carbocycles. The van der Waals surface area contributed by atoms with E-state index in [0.717, 1.165) is 12.6 Å². The number of hydrogen-bond acceptors (Lipinski definition) is 3. The Bertz CT molecular complexity index is 393. The number of piperazine rings is 1. The molecule has 2 unspecified atom stereocenters. The summed E-state index contributed by atoms with van der Waals surface area (Å²) in [4.78, 5) is 6.83. The highest BCUT2D eigenvalue weighted by Crippen LogP contribution is 2.27. The molecular weight excluding hydrogens is 296 g/mol. The summed E-state index contributed by atoms with van der Waals surface area (Å²) in [6.07, 6.45) is 2.80. The monoisotopic (exact) mass is 314 g/mol. The molecule has 3 heterocycles. The van der Waals surface area contributed by atoms with E-state index in [1.807, 2.05) is 11.3 Å². The van der Waals surface area contributed by atoms with Gasteiger partial charge in [0.25, 0.3) is 0 Å². The first kappa shape index (κ1) is 12.2. The van der Waals surface area contributed by atoms with Crippen molar-refractivity contribution < 1.29 is 0 Å². The van der Waals surface area contributed by atoms with E-state index in [4.69, 9.17) is 0 Å². The largest absolute Gasteiger partial charge is 0.298 e. The van der Waals surface area contributed by atoms with Crippen LogP contribution in [0.3, 0.4) is 0 Å². The molecule has 0 bridgehead atoms. The van der Waals surface area contributed by atoms with Crippen LogP contribution in [0.5, 0.6) is 0 Å². The molecule has 2 fully saturated rings. The van der Waals surface area contributed by atoms with Gasteiger partial charge in [-0.1, -0.05) is 0 Å². The van der Waals surface area contributed by atoms with Gasteiger partial charge < -0.3 is 0 Å². The molecular formula is C13H19BrN2S. The van der Waals surface area contributed by atoms with Crippen LogP contribution in [0.2, 0.25) is 0 Å². The van der Waals surface area contributed by atoms with Gasteiger partial charge in [0.05, 0.1) is 0 Å². The average molecular weight is 315 g/mol. The van der Waals surface area contributed by atoms with Gasteiger partial charge in [-0.15, -0.1) is 11.3 Å². The first-order valence-electron chi connectivity index (χ1n) is 6.43. The molecule has 0 radical (unpaired) electrons. The molecule has 0 aromatic carbocycles. The standard InChI is InChI=1S/C13H19BrN2S/c1-10-6-15-4-2-3-12(15)7-16(10)8-13-5-11(14)9-17-13/h5,9-10,12H,2-4,6-8H2,1H3. The fraction of sp³-hybridized carbons (Fsp3) is 0.692. The number of rotatable bonds is 2. The minimum atomic E-state index is 0.699. The highest BCUT2D eigenvalue weighted by molar-refractivity contribution is 9.10. The van der Waals surface area contributed by atoms with Gasteiger partial charge in [-0.3, -0.25) is 9.80 Å². The van der Waals surface area contributed by atoms with Crippen LogP contribution in [0, 0.1) is 0 Å². The SMILES string of the molecule is CC1CN2CCCC2CN1Cc1cc(Br)cs1. The lowest BCUT2D eigenvalue weighted by molar-refractivity contribution is 0.0547. The fourth-order valence-electron chi connectivity index (χ4n) is 3.11. The van der Waals surface area contributed by atoms with Crippen molar-refractivity contribution in [2.24, 2.45) is 0 Å². The molecule has 2 saturated heterocycles. The smallest absolute Gasteiger partial charge is 0.0332 e. The summed E-state index contributed by atoms with van der Waals surface area (Å²) < 4.78 is 1.23. The highest BCUT2D eigenvalue weighted by Gasteiger charge is 2.34. The van der Waals surface area contributed by atoms with Gasteiger partial charge in [0, 0.05) is 46.4 Å². The Morgan fingerprint density at radius 1 is 1.47 bits per heavy atom. The zero-order valence-corrected chi connectivity index (χ0v) is 12.6. The van der Waals surface area contributed by atoms with Crippen molar-refractivity contribution in [1.82, 2.24) is 9.80 Å². The fourth-order valence-corrected chi connectivity index (χ4v) is 4.58. The van der Waals surface area contributed by atoms with Crippen LogP contribution in [0.25, 0.3) is 0 Å². The maximum Gasteiger partial charge on any atom is 0.0332 e. The van der Waals surface area contributed by atoms with Crippen molar-refractivity contribution in [3.8, 4) is 0 Å². The molecule has 2 aliphatic rings. The van der Waals surface area contributed by atoms with E-state index in [-0.39, 0.29) is 0 Å². The first-order chi connectivity index (χ1) is 8.22. The van der Waals surface area contributed by atoms with Gasteiger partial charge in [-0.2, -0.15) is 0 Å². The lowest BCUT2D eigenvalue weighted by Gasteiger charge is -2.42. The summed E-state index contributed by atoms with van der Waals surface area (Å²) in [6, 6.07) is 3.79. The summed E-state index contributed by atoms with van der Waals surface area (Å²) >= 11 is 5.41. The van der Waals surface area contributed by atoms with Gasteiger partial charge in [0.1, 0.15) is 0 Å². The predicted molar refractivity (Wildman–Crippen MR) is 76.5 cm³/mol. The number of nitrogens with zero attached hydrogens (tertiary/aromatic N) is 2. The lowest BCUT2D eigenvalue weighted by atomic mass is 10.1. The van der Waals surface area contributed by atoms with Crippen molar-refractivity contribution >= 4 is 27.3 Å². The van der Waals surface area contributed by atoms with E-state index >= 15 is 0 Å². The second kappa shape index (κ2) is 5.00. The van der Waals surface area contributed by atoms with E-state index in [2.05, 4.69) is 44.1 Å². The average Bonchev–Trinajstić information content (AvgIpc) is 2.88. The van der Waals surface area contributed by atoms with Gasteiger partial charge >= 0.3 is 0 Å². The Morgan fingerprint density at radius 3 is 3.12 bits per heavy atom. The first-order valence-corrected chi connectivity index (χ1v) is 8.10. The number of hydrogen-bond donors (Lipinski definition) is 0. The minimum absolute atomic E-state index is 0.699. The molecule has 4 heteroatoms. The van der Waals surface area contributed by atoms with Crippen molar-refractivity contribution in [1.29, 1.82) is 0 Å². The van der Waals surface area contributed by atoms with Crippen LogP contribution in [-0.2, 0) is 6.54 Å². The summed E-state index contributed by atoms with van der Waals surface area (Å²) in [5.41, 5.74) is 0. The van der Waals surface area contributed by atoms with Crippen LogP contribution in [0.1, 0.15) is 24.6 Å². The minimum Gasteiger partial charge on any atom is -0.298 e. The summed E-state index contributed by atoms with van der Waals surface area (Å²) in [6.45, 7) is 7.35. The van der Waals surface area contributed by atoms with Crippen LogP contribution < -0.4 is 0 Å². The molecule has 2 nitrogen and oxygen atoms in total. The zero-order valence-electron chi connectivity index (χ0n) is 10.2. The van der Waals surface area contributed by atoms with E-state index in [1.54, 1.807) is 0 Å². The van der Waals surface area contributed by atoms with Crippen molar-refractivity contribution in [3.63, 3.8) is 0 Å². The van der Waals surface area contributed by atoms with Crippen molar-refractivity contribution in [2.75, 3.05) is 19.6 Å². The molecule has 2 aliphatic heterocycles. The topological polar surface area (TPSA) is 6.48 Å². The Labute approximate surface area is 116 Å². The molecule has 0 aliphatic carbocycles. The molecule has 0 spiro atoms. The van der Waals surface area contributed by atoms with Crippen molar-refractivity contribution in [3.05, 3.63) is 20.8 Å². The van der Waals surface area contributed by atoms with Crippen LogP contribution in [0.15, 0.2) is 15.9 Å². The van der Waals surface area contributed by atoms with E-state index in [9.17, 15) is 0 Å². The second-order valence-electron chi connectivity index (χ2n) is 5.30. The summed E-state index contributed by atoms with van der Waals surface area (Å²) in [7, 11) is 0. The Balaban J connectivity index is 1.66. The molecule has 3 rings (SSSR count). The molecule has 17 heavy (non-hydrogen) atoms. The quantitative estimate of drug-likeness (QED) is 0.827. The van der Waals surface area contributed by atoms with E-state index < -0.39 is 0 Å². The van der Waals surface area contributed by atoms with Gasteiger partial charge in [-0.05, 0) is 48.3 Å². The number of fused-ring (bicyclic) bond motifs is 1. The van der Waals surface area contributed by atoms with Crippen LogP contribution >= 0.6 is 27.3 Å². The maximum atomic E-state index is 3.54. The van der Waals surface area contributed by atoms with Crippen molar-refractivity contribution in [2.45, 2.75) is 38.4 Å².